The second-order valence-corrected chi connectivity index (χ2v) is 3.33. The lowest BCUT2D eigenvalue weighted by Crippen LogP contribution is -2.26. The molecule has 0 aliphatic rings. The van der Waals surface area contributed by atoms with Crippen LogP contribution in [0.2, 0.25) is 0 Å². The predicted molar refractivity (Wildman–Crippen MR) is 59.6 cm³/mol. The molecule has 0 unspecified atom stereocenters. The third kappa shape index (κ3) is 3.51. The Morgan fingerprint density at radius 3 is 2.94 bits per heavy atom. The number of benzene rings is 1. The Balaban J connectivity index is 2.53. The van der Waals surface area contributed by atoms with Crippen molar-refractivity contribution in [3.05, 3.63) is 29.6 Å². The number of methoxy groups -OCH3 is 1. The van der Waals surface area contributed by atoms with Gasteiger partial charge < -0.3 is 15.8 Å². The molecule has 0 saturated carbocycles. The van der Waals surface area contributed by atoms with E-state index in [0.29, 0.717) is 18.7 Å². The highest BCUT2D eigenvalue weighted by Crippen LogP contribution is 2.12. The summed E-state index contributed by atoms with van der Waals surface area (Å²) in [5.41, 5.74) is 5.96. The van der Waals surface area contributed by atoms with E-state index in [1.165, 1.54) is 12.1 Å². The minimum atomic E-state index is -0.451. The average Bonchev–Trinajstić information content (AvgIpc) is 2.24. The number of hydrogen-bond acceptors (Lipinski definition) is 3. The topological polar surface area (TPSA) is 64.3 Å². The van der Waals surface area contributed by atoms with Crippen LogP contribution in [0.1, 0.15) is 16.8 Å². The van der Waals surface area contributed by atoms with Crippen molar-refractivity contribution >= 4 is 11.6 Å². The number of rotatable bonds is 5. The first kappa shape index (κ1) is 12.4. The number of amides is 1. The van der Waals surface area contributed by atoms with Crippen molar-refractivity contribution in [3.8, 4) is 0 Å². The van der Waals surface area contributed by atoms with Gasteiger partial charge in [0.15, 0.2) is 0 Å². The summed E-state index contributed by atoms with van der Waals surface area (Å²) in [7, 11) is 1.60. The molecule has 16 heavy (non-hydrogen) atoms. The maximum absolute atomic E-state index is 12.7. The normalized spacial score (nSPS) is 10.1. The lowest BCUT2D eigenvalue weighted by Gasteiger charge is -2.07. The van der Waals surface area contributed by atoms with Crippen molar-refractivity contribution < 1.29 is 13.9 Å². The molecular weight excluding hydrogens is 211 g/mol. The summed E-state index contributed by atoms with van der Waals surface area (Å²) in [6.45, 7) is 1.09. The molecule has 0 heterocycles. The van der Waals surface area contributed by atoms with Gasteiger partial charge in [-0.3, -0.25) is 4.79 Å². The molecule has 5 heteroatoms. The Morgan fingerprint density at radius 1 is 1.56 bits per heavy atom. The van der Waals surface area contributed by atoms with Crippen LogP contribution >= 0.6 is 0 Å². The van der Waals surface area contributed by atoms with Crippen molar-refractivity contribution in [1.82, 2.24) is 5.32 Å². The van der Waals surface area contributed by atoms with Gasteiger partial charge in [-0.25, -0.2) is 4.39 Å². The van der Waals surface area contributed by atoms with E-state index < -0.39 is 5.82 Å². The molecule has 0 aliphatic heterocycles. The minimum Gasteiger partial charge on any atom is -0.398 e. The largest absolute Gasteiger partial charge is 0.398 e. The molecule has 0 saturated heterocycles. The number of nitrogens with two attached hydrogens (primary N) is 1. The van der Waals surface area contributed by atoms with E-state index in [0.717, 1.165) is 12.5 Å². The highest BCUT2D eigenvalue weighted by atomic mass is 19.1. The van der Waals surface area contributed by atoms with E-state index in [1.54, 1.807) is 7.11 Å². The minimum absolute atomic E-state index is 0.143. The van der Waals surface area contributed by atoms with E-state index in [1.807, 2.05) is 0 Å². The highest BCUT2D eigenvalue weighted by Gasteiger charge is 2.09. The van der Waals surface area contributed by atoms with Crippen LogP contribution in [0.4, 0.5) is 10.1 Å². The monoisotopic (exact) mass is 226 g/mol. The van der Waals surface area contributed by atoms with Gasteiger partial charge in [0.1, 0.15) is 5.82 Å². The molecule has 1 aromatic carbocycles. The van der Waals surface area contributed by atoms with E-state index in [4.69, 9.17) is 10.5 Å². The molecule has 0 fully saturated rings. The summed E-state index contributed by atoms with van der Waals surface area (Å²) < 4.78 is 17.6. The van der Waals surface area contributed by atoms with Gasteiger partial charge in [-0.05, 0) is 24.6 Å². The van der Waals surface area contributed by atoms with E-state index in [2.05, 4.69) is 5.32 Å². The molecule has 0 radical (unpaired) electrons. The van der Waals surface area contributed by atoms with Gasteiger partial charge in [0.2, 0.25) is 0 Å². The SMILES string of the molecule is COCCCNC(=O)c1ccc(F)cc1N. The highest BCUT2D eigenvalue weighted by molar-refractivity contribution is 5.99. The zero-order chi connectivity index (χ0) is 12.0. The van der Waals surface area contributed by atoms with Crippen LogP contribution in [0.3, 0.4) is 0 Å². The van der Waals surface area contributed by atoms with Crippen LogP contribution in [-0.2, 0) is 4.74 Å². The van der Waals surface area contributed by atoms with Crippen LogP contribution in [0.25, 0.3) is 0 Å². The zero-order valence-corrected chi connectivity index (χ0v) is 9.13. The molecule has 0 atom stereocenters. The van der Waals surface area contributed by atoms with Crippen LogP contribution < -0.4 is 11.1 Å². The van der Waals surface area contributed by atoms with E-state index in [-0.39, 0.29) is 11.6 Å². The third-order valence-electron chi connectivity index (χ3n) is 2.07. The summed E-state index contributed by atoms with van der Waals surface area (Å²) in [5.74, 6) is -0.748. The summed E-state index contributed by atoms with van der Waals surface area (Å²) in [5, 5.41) is 2.67. The van der Waals surface area contributed by atoms with Crippen LogP contribution in [0, 0.1) is 5.82 Å². The van der Waals surface area contributed by atoms with Crippen LogP contribution in [-0.4, -0.2) is 26.2 Å². The average molecular weight is 226 g/mol. The van der Waals surface area contributed by atoms with Gasteiger partial charge in [0, 0.05) is 25.9 Å². The number of nitrogen functional groups attached to an aromatic ring is 1. The second kappa shape index (κ2) is 6.07. The van der Waals surface area contributed by atoms with E-state index >= 15 is 0 Å². The van der Waals surface area contributed by atoms with Crippen LogP contribution in [0.5, 0.6) is 0 Å². The number of ether oxygens (including phenoxy) is 1. The quantitative estimate of drug-likeness (QED) is 0.585. The van der Waals surface area contributed by atoms with Gasteiger partial charge in [0.25, 0.3) is 5.91 Å². The second-order valence-electron chi connectivity index (χ2n) is 3.33. The molecule has 1 amide bonds. The number of nitrogens with one attached hydrogen (secondary N) is 1. The zero-order valence-electron chi connectivity index (χ0n) is 9.13. The van der Waals surface area contributed by atoms with Crippen molar-refractivity contribution in [2.24, 2.45) is 0 Å². The summed E-state index contributed by atoms with van der Waals surface area (Å²) >= 11 is 0. The summed E-state index contributed by atoms with van der Waals surface area (Å²) in [4.78, 5) is 11.6. The maximum atomic E-state index is 12.7. The Hall–Kier alpha value is -1.62. The first-order chi connectivity index (χ1) is 7.65. The first-order valence-corrected chi connectivity index (χ1v) is 4.97. The molecule has 0 aliphatic carbocycles. The smallest absolute Gasteiger partial charge is 0.253 e. The Labute approximate surface area is 93.6 Å². The molecular formula is C11H15FN2O2. The van der Waals surface area contributed by atoms with Crippen molar-refractivity contribution in [2.75, 3.05) is 26.0 Å². The van der Waals surface area contributed by atoms with Gasteiger partial charge in [-0.2, -0.15) is 0 Å². The molecule has 4 nitrogen and oxygen atoms in total. The lowest BCUT2D eigenvalue weighted by atomic mass is 10.1. The maximum Gasteiger partial charge on any atom is 0.253 e. The van der Waals surface area contributed by atoms with Crippen molar-refractivity contribution in [2.45, 2.75) is 6.42 Å². The third-order valence-corrected chi connectivity index (χ3v) is 2.07. The standard InChI is InChI=1S/C11H15FN2O2/c1-16-6-2-5-14-11(15)9-4-3-8(12)7-10(9)13/h3-4,7H,2,5-6,13H2,1H3,(H,14,15). The number of halogens is 1. The van der Waals surface area contributed by atoms with Crippen molar-refractivity contribution in [1.29, 1.82) is 0 Å². The van der Waals surface area contributed by atoms with Crippen LogP contribution in [0.15, 0.2) is 18.2 Å². The fraction of sp³-hybridized carbons (Fsp3) is 0.364. The molecule has 88 valence electrons. The van der Waals surface area contributed by atoms with Crippen molar-refractivity contribution in [3.63, 3.8) is 0 Å². The first-order valence-electron chi connectivity index (χ1n) is 4.97. The molecule has 1 rings (SSSR count). The lowest BCUT2D eigenvalue weighted by molar-refractivity contribution is 0.0949. The fourth-order valence-corrected chi connectivity index (χ4v) is 1.25. The summed E-state index contributed by atoms with van der Waals surface area (Å²) in [6, 6.07) is 3.71. The van der Waals surface area contributed by atoms with Gasteiger partial charge >= 0.3 is 0 Å². The van der Waals surface area contributed by atoms with Gasteiger partial charge in [-0.1, -0.05) is 0 Å². The molecule has 3 N–H and O–H groups in total. The number of hydrogen-bond donors (Lipinski definition) is 2. The Kier molecular flexibility index (Phi) is 4.72. The number of anilines is 1. The Bertz CT molecular complexity index is 369. The van der Waals surface area contributed by atoms with E-state index in [9.17, 15) is 9.18 Å². The number of carbonyl (C=O) groups excluding carboxylic acids is 1. The molecule has 0 aromatic heterocycles. The summed E-state index contributed by atoms with van der Waals surface area (Å²) in [6.07, 6.45) is 0.726. The predicted octanol–water partition coefficient (Wildman–Crippen LogP) is 1.17. The Morgan fingerprint density at radius 2 is 2.31 bits per heavy atom. The molecule has 0 bridgehead atoms. The fourth-order valence-electron chi connectivity index (χ4n) is 1.25. The number of carbonyl (C=O) groups is 1. The molecule has 1 aromatic rings. The van der Waals surface area contributed by atoms with Gasteiger partial charge in [-0.15, -0.1) is 0 Å². The molecule has 0 spiro atoms. The van der Waals surface area contributed by atoms with Gasteiger partial charge in [0.05, 0.1) is 5.56 Å².